The van der Waals surface area contributed by atoms with Crippen molar-refractivity contribution >= 4 is 16.0 Å². The van der Waals surface area contributed by atoms with Crippen molar-refractivity contribution in [1.82, 2.24) is 9.62 Å². The molecule has 6 nitrogen and oxygen atoms in total. The molecule has 118 valence electrons. The van der Waals surface area contributed by atoms with Gasteiger partial charge in [0.2, 0.25) is 10.0 Å². The van der Waals surface area contributed by atoms with E-state index in [2.05, 4.69) is 4.72 Å². The number of hydrogen-bond donors (Lipinski definition) is 2. The Morgan fingerprint density at radius 1 is 1.33 bits per heavy atom. The number of carboxylic acid groups (broad SMARTS) is 1. The summed E-state index contributed by atoms with van der Waals surface area (Å²) in [5.74, 6) is -2.47. The van der Waals surface area contributed by atoms with Gasteiger partial charge in [-0.3, -0.25) is 0 Å². The van der Waals surface area contributed by atoms with Gasteiger partial charge in [-0.2, -0.15) is 0 Å². The standard InChI is InChI=1S/C13H19FN2O4S/c1-16(2)8-4-3-7-15-21(19,20)10-5-6-12(14)11(9-10)13(17)18/h5-6,9,15H,3-4,7-8H2,1-2H3,(H,17,18). The average Bonchev–Trinajstić information content (AvgIpc) is 2.37. The first kappa shape index (κ1) is 17.5. The molecule has 0 aliphatic heterocycles. The first-order valence-electron chi connectivity index (χ1n) is 6.41. The van der Waals surface area contributed by atoms with E-state index in [1.165, 1.54) is 0 Å². The molecule has 8 heteroatoms. The predicted molar refractivity (Wildman–Crippen MR) is 76.3 cm³/mol. The second-order valence-corrected chi connectivity index (χ2v) is 6.62. The Labute approximate surface area is 123 Å². The van der Waals surface area contributed by atoms with Gasteiger partial charge in [-0.25, -0.2) is 22.3 Å². The third-order valence-electron chi connectivity index (χ3n) is 2.80. The van der Waals surface area contributed by atoms with E-state index < -0.39 is 27.4 Å². The van der Waals surface area contributed by atoms with E-state index in [1.54, 1.807) is 0 Å². The van der Waals surface area contributed by atoms with Crippen molar-refractivity contribution < 1.29 is 22.7 Å². The first-order valence-corrected chi connectivity index (χ1v) is 7.89. The molecule has 0 spiro atoms. The Hall–Kier alpha value is -1.51. The normalized spacial score (nSPS) is 11.8. The van der Waals surface area contributed by atoms with Crippen LogP contribution in [0.3, 0.4) is 0 Å². The SMILES string of the molecule is CN(C)CCCCNS(=O)(=O)c1ccc(F)c(C(=O)O)c1. The molecule has 0 aromatic heterocycles. The van der Waals surface area contributed by atoms with Crippen molar-refractivity contribution in [3.8, 4) is 0 Å². The van der Waals surface area contributed by atoms with Crippen LogP contribution < -0.4 is 4.72 Å². The minimum absolute atomic E-state index is 0.246. The van der Waals surface area contributed by atoms with E-state index in [0.29, 0.717) is 6.42 Å². The van der Waals surface area contributed by atoms with Gasteiger partial charge in [-0.15, -0.1) is 0 Å². The maximum Gasteiger partial charge on any atom is 0.338 e. The van der Waals surface area contributed by atoms with Crippen LogP contribution in [0.4, 0.5) is 4.39 Å². The van der Waals surface area contributed by atoms with Crippen molar-refractivity contribution in [1.29, 1.82) is 0 Å². The summed E-state index contributed by atoms with van der Waals surface area (Å²) in [7, 11) is 0.0260. The van der Waals surface area contributed by atoms with Crippen LogP contribution in [0.2, 0.25) is 0 Å². The fourth-order valence-corrected chi connectivity index (χ4v) is 2.78. The van der Waals surface area contributed by atoms with E-state index in [9.17, 15) is 17.6 Å². The number of nitrogens with one attached hydrogen (secondary N) is 1. The van der Waals surface area contributed by atoms with Crippen LogP contribution in [0.1, 0.15) is 23.2 Å². The molecule has 0 saturated heterocycles. The molecule has 0 bridgehead atoms. The topological polar surface area (TPSA) is 86.7 Å². The number of halogens is 1. The van der Waals surface area contributed by atoms with Gasteiger partial charge >= 0.3 is 5.97 Å². The summed E-state index contributed by atoms with van der Waals surface area (Å²) in [5.41, 5.74) is -0.662. The van der Waals surface area contributed by atoms with Crippen LogP contribution in [0, 0.1) is 5.82 Å². The molecule has 2 N–H and O–H groups in total. The summed E-state index contributed by atoms with van der Waals surface area (Å²) in [6.45, 7) is 1.09. The lowest BCUT2D eigenvalue weighted by Gasteiger charge is -2.10. The van der Waals surface area contributed by atoms with Crippen LogP contribution in [0.25, 0.3) is 0 Å². The van der Waals surface area contributed by atoms with Gasteiger partial charge in [0.15, 0.2) is 0 Å². The van der Waals surface area contributed by atoms with Gasteiger partial charge in [0.05, 0.1) is 10.5 Å². The van der Waals surface area contributed by atoms with Crippen LogP contribution in [-0.2, 0) is 10.0 Å². The van der Waals surface area contributed by atoms with Gasteiger partial charge in [0.25, 0.3) is 0 Å². The molecule has 1 rings (SSSR count). The average molecular weight is 318 g/mol. The summed E-state index contributed by atoms with van der Waals surface area (Å²) in [6, 6.07) is 2.70. The van der Waals surface area contributed by atoms with E-state index in [0.717, 1.165) is 31.2 Å². The van der Waals surface area contributed by atoms with Gasteiger partial charge in [0.1, 0.15) is 5.82 Å². The second kappa shape index (κ2) is 7.48. The fraction of sp³-hybridized carbons (Fsp3) is 0.462. The Kier molecular flexibility index (Phi) is 6.25. The molecule has 1 aromatic rings. The summed E-state index contributed by atoms with van der Waals surface area (Å²) in [5, 5.41) is 8.79. The Morgan fingerprint density at radius 2 is 2.00 bits per heavy atom. The van der Waals surface area contributed by atoms with Crippen LogP contribution >= 0.6 is 0 Å². The molecule has 0 heterocycles. The zero-order valence-corrected chi connectivity index (χ0v) is 12.8. The zero-order valence-electron chi connectivity index (χ0n) is 12.0. The minimum Gasteiger partial charge on any atom is -0.478 e. The molecule has 0 radical (unpaired) electrons. The van der Waals surface area contributed by atoms with Crippen molar-refractivity contribution in [3.05, 3.63) is 29.6 Å². The Morgan fingerprint density at radius 3 is 2.57 bits per heavy atom. The zero-order chi connectivity index (χ0) is 16.0. The number of carbonyl (C=O) groups is 1. The van der Waals surface area contributed by atoms with Gasteiger partial charge < -0.3 is 10.0 Å². The van der Waals surface area contributed by atoms with Crippen molar-refractivity contribution in [2.45, 2.75) is 17.7 Å². The third kappa shape index (κ3) is 5.41. The molecule has 0 saturated carbocycles. The smallest absolute Gasteiger partial charge is 0.338 e. The molecular formula is C13H19FN2O4S. The number of hydrogen-bond acceptors (Lipinski definition) is 4. The molecular weight excluding hydrogens is 299 g/mol. The fourth-order valence-electron chi connectivity index (χ4n) is 1.68. The molecule has 0 aliphatic carbocycles. The maximum absolute atomic E-state index is 13.2. The highest BCUT2D eigenvalue weighted by Gasteiger charge is 2.18. The molecule has 0 atom stereocenters. The second-order valence-electron chi connectivity index (χ2n) is 4.85. The lowest BCUT2D eigenvalue weighted by atomic mass is 10.2. The molecule has 1 aromatic carbocycles. The molecule has 0 fully saturated rings. The summed E-state index contributed by atoms with van der Waals surface area (Å²) in [6.07, 6.45) is 1.49. The largest absolute Gasteiger partial charge is 0.478 e. The summed E-state index contributed by atoms with van der Waals surface area (Å²) < 4.78 is 39.6. The lowest BCUT2D eigenvalue weighted by Crippen LogP contribution is -2.26. The Bertz CT molecular complexity index is 602. The number of benzene rings is 1. The monoisotopic (exact) mass is 318 g/mol. The van der Waals surface area contributed by atoms with Crippen molar-refractivity contribution in [2.75, 3.05) is 27.2 Å². The number of sulfonamides is 1. The number of aromatic carboxylic acids is 1. The van der Waals surface area contributed by atoms with E-state index >= 15 is 0 Å². The number of nitrogens with zero attached hydrogens (tertiary/aromatic N) is 1. The van der Waals surface area contributed by atoms with Crippen LogP contribution in [0.15, 0.2) is 23.1 Å². The molecule has 0 amide bonds. The van der Waals surface area contributed by atoms with E-state index in [4.69, 9.17) is 5.11 Å². The minimum atomic E-state index is -3.83. The highest BCUT2D eigenvalue weighted by atomic mass is 32.2. The van der Waals surface area contributed by atoms with Gasteiger partial charge in [-0.05, 0) is 51.7 Å². The molecule has 0 aliphatic rings. The van der Waals surface area contributed by atoms with Crippen LogP contribution in [-0.4, -0.2) is 51.6 Å². The lowest BCUT2D eigenvalue weighted by molar-refractivity contribution is 0.0691. The number of unbranched alkanes of at least 4 members (excludes halogenated alkanes) is 1. The maximum atomic E-state index is 13.2. The van der Waals surface area contributed by atoms with E-state index in [-0.39, 0.29) is 11.4 Å². The first-order chi connectivity index (χ1) is 9.74. The van der Waals surface area contributed by atoms with Gasteiger partial charge in [-0.1, -0.05) is 0 Å². The third-order valence-corrected chi connectivity index (χ3v) is 4.26. The van der Waals surface area contributed by atoms with Gasteiger partial charge in [0, 0.05) is 6.54 Å². The molecule has 21 heavy (non-hydrogen) atoms. The highest BCUT2D eigenvalue weighted by Crippen LogP contribution is 2.15. The highest BCUT2D eigenvalue weighted by molar-refractivity contribution is 7.89. The predicted octanol–water partition coefficient (Wildman–Crippen LogP) is 1.14. The summed E-state index contributed by atoms with van der Waals surface area (Å²) >= 11 is 0. The van der Waals surface area contributed by atoms with Crippen molar-refractivity contribution in [2.24, 2.45) is 0 Å². The molecule has 0 unspecified atom stereocenters. The van der Waals surface area contributed by atoms with Crippen molar-refractivity contribution in [3.63, 3.8) is 0 Å². The Balaban J connectivity index is 2.70. The van der Waals surface area contributed by atoms with Crippen LogP contribution in [0.5, 0.6) is 0 Å². The quantitative estimate of drug-likeness (QED) is 0.702. The summed E-state index contributed by atoms with van der Waals surface area (Å²) in [4.78, 5) is 12.5. The number of rotatable bonds is 8. The number of carboxylic acids is 1. The van der Waals surface area contributed by atoms with E-state index in [1.807, 2.05) is 19.0 Å².